The molecule has 21 heavy (non-hydrogen) atoms. The molecule has 0 amide bonds. The van der Waals surface area contributed by atoms with Crippen LogP contribution in [0, 0.1) is 17.7 Å². The Morgan fingerprint density at radius 3 is 2.67 bits per heavy atom. The summed E-state index contributed by atoms with van der Waals surface area (Å²) in [5, 5.41) is 8.60. The number of aliphatic hydroxyl groups excluding tert-OH is 1. The normalized spacial score (nSPS) is 11.1. The number of rotatable bonds is 6. The summed E-state index contributed by atoms with van der Waals surface area (Å²) in [6, 6.07) is 4.22. The predicted molar refractivity (Wildman–Crippen MR) is 69.9 cm³/mol. The van der Waals surface area contributed by atoms with Crippen molar-refractivity contribution >= 4 is 0 Å². The van der Waals surface area contributed by atoms with E-state index in [1.165, 1.54) is 18.2 Å². The fraction of sp³-hybridized carbons (Fsp3) is 0.467. The van der Waals surface area contributed by atoms with Gasteiger partial charge in [0, 0.05) is 19.4 Å². The van der Waals surface area contributed by atoms with Gasteiger partial charge in [-0.15, -0.1) is 0 Å². The van der Waals surface area contributed by atoms with Gasteiger partial charge in [-0.05, 0) is 24.1 Å². The maximum atomic E-state index is 13.4. The summed E-state index contributed by atoms with van der Waals surface area (Å²) in [6.45, 7) is -0.00808. The summed E-state index contributed by atoms with van der Waals surface area (Å²) in [5.74, 6) is 4.71. The van der Waals surface area contributed by atoms with E-state index < -0.39 is 18.4 Å². The lowest BCUT2D eigenvalue weighted by molar-refractivity contribution is -0.138. The van der Waals surface area contributed by atoms with Gasteiger partial charge in [0.25, 0.3) is 0 Å². The maximum Gasteiger partial charge on any atom is 0.389 e. The molecule has 0 aliphatic heterocycles. The minimum Gasteiger partial charge on any atom is -0.395 e. The molecule has 0 bridgehead atoms. The molecule has 0 saturated heterocycles. The molecule has 0 aromatic heterocycles. The van der Waals surface area contributed by atoms with Gasteiger partial charge in [0.15, 0.2) is 0 Å². The summed E-state index contributed by atoms with van der Waals surface area (Å²) in [6.07, 6.45) is -4.91. The maximum absolute atomic E-state index is 13.4. The van der Waals surface area contributed by atoms with Crippen molar-refractivity contribution in [3.8, 4) is 11.8 Å². The molecule has 0 radical (unpaired) electrons. The van der Waals surface area contributed by atoms with Crippen LogP contribution in [0.4, 0.5) is 17.6 Å². The number of aliphatic hydroxyl groups is 1. The number of ether oxygens (including phenoxy) is 1. The third kappa shape index (κ3) is 7.69. The minimum absolute atomic E-state index is 0.0115. The van der Waals surface area contributed by atoms with E-state index in [4.69, 9.17) is 9.84 Å². The molecule has 1 aromatic carbocycles. The van der Waals surface area contributed by atoms with Crippen molar-refractivity contribution < 1.29 is 27.4 Å². The first-order chi connectivity index (χ1) is 9.92. The molecular weight excluding hydrogens is 288 g/mol. The summed E-state index contributed by atoms with van der Waals surface area (Å²) in [7, 11) is 0. The van der Waals surface area contributed by atoms with E-state index in [1.807, 2.05) is 0 Å². The molecule has 0 heterocycles. The first kappa shape index (κ1) is 17.5. The van der Waals surface area contributed by atoms with E-state index in [9.17, 15) is 17.6 Å². The standard InChI is InChI=1S/C15H16F4O2/c16-14-6-5-12(10-13(14)4-1-2-8-20)11-21-9-3-7-15(17,18)19/h5-6,10,20H,2-3,7-9,11H2. The Bertz CT molecular complexity index is 501. The van der Waals surface area contributed by atoms with Gasteiger partial charge in [-0.2, -0.15) is 13.2 Å². The van der Waals surface area contributed by atoms with Crippen LogP contribution in [0.25, 0.3) is 0 Å². The van der Waals surface area contributed by atoms with Crippen LogP contribution >= 0.6 is 0 Å². The predicted octanol–water partition coefficient (Wildman–Crippen LogP) is 3.42. The Hall–Kier alpha value is -1.58. The molecule has 0 spiro atoms. The first-order valence-corrected chi connectivity index (χ1v) is 6.45. The quantitative estimate of drug-likeness (QED) is 0.496. The van der Waals surface area contributed by atoms with E-state index in [-0.39, 0.29) is 38.2 Å². The molecule has 0 aliphatic carbocycles. The van der Waals surface area contributed by atoms with Crippen LogP contribution in [0.1, 0.15) is 30.4 Å². The van der Waals surface area contributed by atoms with E-state index in [0.29, 0.717) is 5.56 Å². The van der Waals surface area contributed by atoms with Crippen molar-refractivity contribution in [3.05, 3.63) is 35.1 Å². The van der Waals surface area contributed by atoms with Gasteiger partial charge < -0.3 is 9.84 Å². The van der Waals surface area contributed by atoms with Gasteiger partial charge in [-0.1, -0.05) is 17.9 Å². The van der Waals surface area contributed by atoms with Gasteiger partial charge in [0.1, 0.15) is 5.82 Å². The number of alkyl halides is 3. The molecule has 6 heteroatoms. The van der Waals surface area contributed by atoms with Crippen molar-refractivity contribution in [1.82, 2.24) is 0 Å². The Labute approximate surface area is 120 Å². The highest BCUT2D eigenvalue weighted by molar-refractivity contribution is 5.38. The zero-order valence-electron chi connectivity index (χ0n) is 11.3. The molecule has 1 N–H and O–H groups in total. The second-order valence-electron chi connectivity index (χ2n) is 4.36. The molecule has 0 saturated carbocycles. The molecule has 0 unspecified atom stereocenters. The van der Waals surface area contributed by atoms with Crippen molar-refractivity contribution in [3.63, 3.8) is 0 Å². The molecular formula is C15H16F4O2. The SMILES string of the molecule is OCCC#Cc1cc(COCCCC(F)(F)F)ccc1F. The molecule has 1 rings (SSSR count). The molecule has 116 valence electrons. The lowest BCUT2D eigenvalue weighted by Gasteiger charge is -2.07. The van der Waals surface area contributed by atoms with Crippen molar-refractivity contribution in [2.75, 3.05) is 13.2 Å². The Morgan fingerprint density at radius 2 is 2.00 bits per heavy atom. The van der Waals surface area contributed by atoms with Crippen LogP contribution in [0.2, 0.25) is 0 Å². The number of hydrogen-bond donors (Lipinski definition) is 1. The van der Waals surface area contributed by atoms with Gasteiger partial charge in [0.05, 0.1) is 18.8 Å². The lowest BCUT2D eigenvalue weighted by Crippen LogP contribution is -2.08. The highest BCUT2D eigenvalue weighted by atomic mass is 19.4. The largest absolute Gasteiger partial charge is 0.395 e. The summed E-state index contributed by atoms with van der Waals surface area (Å²) >= 11 is 0. The third-order valence-corrected chi connectivity index (χ3v) is 2.51. The van der Waals surface area contributed by atoms with Gasteiger partial charge in [0.2, 0.25) is 0 Å². The van der Waals surface area contributed by atoms with Crippen LogP contribution < -0.4 is 0 Å². The average Bonchev–Trinajstić information content (AvgIpc) is 2.40. The van der Waals surface area contributed by atoms with Gasteiger partial charge >= 0.3 is 6.18 Å². The Balaban J connectivity index is 2.46. The third-order valence-electron chi connectivity index (χ3n) is 2.51. The van der Waals surface area contributed by atoms with E-state index in [0.717, 1.165) is 0 Å². The van der Waals surface area contributed by atoms with Crippen molar-refractivity contribution in [2.45, 2.75) is 32.0 Å². The number of hydrogen-bond acceptors (Lipinski definition) is 2. The summed E-state index contributed by atoms with van der Waals surface area (Å²) < 4.78 is 54.3. The van der Waals surface area contributed by atoms with Crippen LogP contribution in [0.5, 0.6) is 0 Å². The molecule has 0 atom stereocenters. The topological polar surface area (TPSA) is 29.5 Å². The van der Waals surface area contributed by atoms with E-state index >= 15 is 0 Å². The Kier molecular flexibility index (Phi) is 7.20. The molecule has 2 nitrogen and oxygen atoms in total. The minimum atomic E-state index is -4.17. The fourth-order valence-electron chi connectivity index (χ4n) is 1.54. The van der Waals surface area contributed by atoms with E-state index in [1.54, 1.807) is 0 Å². The monoisotopic (exact) mass is 304 g/mol. The van der Waals surface area contributed by atoms with Crippen LogP contribution in [0.15, 0.2) is 18.2 Å². The van der Waals surface area contributed by atoms with Crippen LogP contribution in [-0.4, -0.2) is 24.5 Å². The van der Waals surface area contributed by atoms with E-state index in [2.05, 4.69) is 11.8 Å². The highest BCUT2D eigenvalue weighted by Crippen LogP contribution is 2.21. The summed E-state index contributed by atoms with van der Waals surface area (Å²) in [4.78, 5) is 0. The smallest absolute Gasteiger partial charge is 0.389 e. The second-order valence-corrected chi connectivity index (χ2v) is 4.36. The average molecular weight is 304 g/mol. The summed E-state index contributed by atoms with van der Waals surface area (Å²) in [5.41, 5.74) is 0.816. The van der Waals surface area contributed by atoms with Crippen molar-refractivity contribution in [1.29, 1.82) is 0 Å². The zero-order valence-corrected chi connectivity index (χ0v) is 11.3. The lowest BCUT2D eigenvalue weighted by atomic mass is 10.1. The fourth-order valence-corrected chi connectivity index (χ4v) is 1.54. The number of halogens is 4. The zero-order chi connectivity index (χ0) is 15.7. The molecule has 0 aliphatic rings. The second kappa shape index (κ2) is 8.65. The van der Waals surface area contributed by atoms with Gasteiger partial charge in [-0.3, -0.25) is 0 Å². The Morgan fingerprint density at radius 1 is 1.24 bits per heavy atom. The van der Waals surface area contributed by atoms with Crippen LogP contribution in [-0.2, 0) is 11.3 Å². The highest BCUT2D eigenvalue weighted by Gasteiger charge is 2.25. The van der Waals surface area contributed by atoms with Gasteiger partial charge in [-0.25, -0.2) is 4.39 Å². The number of benzene rings is 1. The van der Waals surface area contributed by atoms with Crippen molar-refractivity contribution in [2.24, 2.45) is 0 Å². The molecule has 0 fully saturated rings. The van der Waals surface area contributed by atoms with Crippen LogP contribution in [0.3, 0.4) is 0 Å². The first-order valence-electron chi connectivity index (χ1n) is 6.45. The molecule has 1 aromatic rings.